The standard InChI is InChI=1S/C22H24N2O/c23-16-21(20-9-5-2-6-10-20)22(25)17-24-13-11-19(12-14-24)15-18-7-3-1-4-8-18/h1-10,19,21H,11-15,17H2/t21-/m0/s1. The maximum absolute atomic E-state index is 12.6. The molecule has 0 unspecified atom stereocenters. The lowest BCUT2D eigenvalue weighted by atomic mass is 9.89. The smallest absolute Gasteiger partial charge is 0.168 e. The van der Waals surface area contributed by atoms with Gasteiger partial charge in [0.25, 0.3) is 0 Å². The Morgan fingerprint density at radius 2 is 1.64 bits per heavy atom. The van der Waals surface area contributed by atoms with Crippen LogP contribution in [0.15, 0.2) is 60.7 Å². The average Bonchev–Trinajstić information content (AvgIpc) is 2.66. The number of ketones is 1. The van der Waals surface area contributed by atoms with Crippen molar-refractivity contribution in [3.8, 4) is 6.07 Å². The van der Waals surface area contributed by atoms with Gasteiger partial charge in [-0.25, -0.2) is 0 Å². The molecule has 0 bridgehead atoms. The number of likely N-dealkylation sites (tertiary alicyclic amines) is 1. The third kappa shape index (κ3) is 4.78. The number of rotatable bonds is 6. The number of hydrogen-bond donors (Lipinski definition) is 0. The largest absolute Gasteiger partial charge is 0.296 e. The molecule has 0 amide bonds. The predicted molar refractivity (Wildman–Crippen MR) is 99.1 cm³/mol. The minimum atomic E-state index is -0.650. The molecule has 0 spiro atoms. The second kappa shape index (κ2) is 8.60. The highest BCUT2D eigenvalue weighted by Crippen LogP contribution is 2.23. The summed E-state index contributed by atoms with van der Waals surface area (Å²) in [7, 11) is 0. The quantitative estimate of drug-likeness (QED) is 0.808. The van der Waals surface area contributed by atoms with Crippen molar-refractivity contribution < 1.29 is 4.79 Å². The molecule has 0 saturated carbocycles. The fraction of sp³-hybridized carbons (Fsp3) is 0.364. The van der Waals surface area contributed by atoms with Crippen LogP contribution in [-0.4, -0.2) is 30.3 Å². The molecule has 2 aromatic carbocycles. The number of carbonyl (C=O) groups is 1. The van der Waals surface area contributed by atoms with Gasteiger partial charge in [-0.3, -0.25) is 9.69 Å². The van der Waals surface area contributed by atoms with Crippen LogP contribution in [0.2, 0.25) is 0 Å². The molecule has 0 radical (unpaired) electrons. The van der Waals surface area contributed by atoms with Gasteiger partial charge in [0.15, 0.2) is 5.78 Å². The topological polar surface area (TPSA) is 44.1 Å². The lowest BCUT2D eigenvalue weighted by Gasteiger charge is -2.32. The molecule has 3 nitrogen and oxygen atoms in total. The first-order valence-electron chi connectivity index (χ1n) is 9.00. The second-order valence-corrected chi connectivity index (χ2v) is 6.85. The van der Waals surface area contributed by atoms with Gasteiger partial charge in [0.2, 0.25) is 0 Å². The molecular weight excluding hydrogens is 308 g/mol. The van der Waals surface area contributed by atoms with Gasteiger partial charge in [0.1, 0.15) is 5.92 Å². The zero-order valence-electron chi connectivity index (χ0n) is 14.5. The number of nitrogens with zero attached hydrogens (tertiary/aromatic N) is 2. The first-order valence-corrected chi connectivity index (χ1v) is 9.00. The van der Waals surface area contributed by atoms with Crippen molar-refractivity contribution in [2.75, 3.05) is 19.6 Å². The van der Waals surface area contributed by atoms with Crippen LogP contribution >= 0.6 is 0 Å². The number of piperidine rings is 1. The first kappa shape index (κ1) is 17.4. The van der Waals surface area contributed by atoms with Crippen LogP contribution < -0.4 is 0 Å². The number of Topliss-reactive ketones (excluding diaryl/α,β-unsaturated/α-hetero) is 1. The zero-order chi connectivity index (χ0) is 17.5. The summed E-state index contributed by atoms with van der Waals surface area (Å²) in [4.78, 5) is 14.8. The number of nitriles is 1. The molecule has 1 saturated heterocycles. The van der Waals surface area contributed by atoms with E-state index in [1.807, 2.05) is 30.3 Å². The Bertz CT molecular complexity index is 713. The molecule has 1 atom stereocenters. The molecule has 1 heterocycles. The Balaban J connectivity index is 1.50. The highest BCUT2D eigenvalue weighted by Gasteiger charge is 2.25. The Morgan fingerprint density at radius 3 is 2.24 bits per heavy atom. The van der Waals surface area contributed by atoms with Crippen molar-refractivity contribution in [2.45, 2.75) is 25.2 Å². The summed E-state index contributed by atoms with van der Waals surface area (Å²) in [6.45, 7) is 2.26. The SMILES string of the molecule is N#C[C@H](C(=O)CN1CCC(Cc2ccccc2)CC1)c1ccccc1. The summed E-state index contributed by atoms with van der Waals surface area (Å²) in [5.74, 6) is 0.0492. The third-order valence-electron chi connectivity index (χ3n) is 5.04. The Kier molecular flexibility index (Phi) is 5.98. The monoisotopic (exact) mass is 332 g/mol. The second-order valence-electron chi connectivity index (χ2n) is 6.85. The first-order chi connectivity index (χ1) is 12.3. The highest BCUT2D eigenvalue weighted by molar-refractivity contribution is 5.90. The van der Waals surface area contributed by atoms with E-state index >= 15 is 0 Å². The molecule has 3 rings (SSSR count). The number of hydrogen-bond acceptors (Lipinski definition) is 3. The van der Waals surface area contributed by atoms with Gasteiger partial charge in [-0.05, 0) is 49.4 Å². The van der Waals surface area contributed by atoms with Crippen LogP contribution in [-0.2, 0) is 11.2 Å². The van der Waals surface area contributed by atoms with Gasteiger partial charge in [-0.1, -0.05) is 60.7 Å². The normalized spacial score (nSPS) is 16.9. The lowest BCUT2D eigenvalue weighted by molar-refractivity contribution is -0.120. The summed E-state index contributed by atoms with van der Waals surface area (Å²) in [5.41, 5.74) is 2.19. The van der Waals surface area contributed by atoms with E-state index in [0.29, 0.717) is 12.5 Å². The number of carbonyl (C=O) groups excluding carboxylic acids is 1. The van der Waals surface area contributed by atoms with Crippen molar-refractivity contribution in [3.05, 3.63) is 71.8 Å². The average molecular weight is 332 g/mol. The van der Waals surface area contributed by atoms with Crippen LogP contribution in [0.25, 0.3) is 0 Å². The van der Waals surface area contributed by atoms with Crippen molar-refractivity contribution in [2.24, 2.45) is 5.92 Å². The van der Waals surface area contributed by atoms with Crippen molar-refractivity contribution >= 4 is 5.78 Å². The van der Waals surface area contributed by atoms with E-state index in [-0.39, 0.29) is 5.78 Å². The molecule has 2 aromatic rings. The maximum Gasteiger partial charge on any atom is 0.168 e. The summed E-state index contributed by atoms with van der Waals surface area (Å²) < 4.78 is 0. The van der Waals surface area contributed by atoms with Gasteiger partial charge in [0, 0.05) is 0 Å². The Hall–Kier alpha value is -2.44. The minimum Gasteiger partial charge on any atom is -0.296 e. The Morgan fingerprint density at radius 1 is 1.04 bits per heavy atom. The zero-order valence-corrected chi connectivity index (χ0v) is 14.5. The molecule has 3 heteroatoms. The van der Waals surface area contributed by atoms with Crippen LogP contribution in [0.3, 0.4) is 0 Å². The van der Waals surface area contributed by atoms with Crippen LogP contribution in [0.1, 0.15) is 29.9 Å². The van der Waals surface area contributed by atoms with Crippen LogP contribution in [0.4, 0.5) is 0 Å². The van der Waals surface area contributed by atoms with Gasteiger partial charge >= 0.3 is 0 Å². The molecule has 25 heavy (non-hydrogen) atoms. The molecule has 128 valence electrons. The van der Waals surface area contributed by atoms with Crippen molar-refractivity contribution in [1.29, 1.82) is 5.26 Å². The Labute approximate surface area is 149 Å². The van der Waals surface area contributed by atoms with Gasteiger partial charge < -0.3 is 0 Å². The van der Waals surface area contributed by atoms with Gasteiger partial charge in [-0.2, -0.15) is 5.26 Å². The minimum absolute atomic E-state index is 0.00945. The van der Waals surface area contributed by atoms with E-state index in [2.05, 4.69) is 41.3 Å². The van der Waals surface area contributed by atoms with E-state index in [9.17, 15) is 10.1 Å². The molecule has 1 aliphatic heterocycles. The van der Waals surface area contributed by atoms with Crippen molar-refractivity contribution in [3.63, 3.8) is 0 Å². The summed E-state index contributed by atoms with van der Waals surface area (Å²) in [6.07, 6.45) is 3.35. The maximum atomic E-state index is 12.6. The fourth-order valence-electron chi connectivity index (χ4n) is 3.59. The van der Waals surface area contributed by atoms with E-state index in [1.54, 1.807) is 0 Å². The third-order valence-corrected chi connectivity index (χ3v) is 5.04. The van der Waals surface area contributed by atoms with Gasteiger partial charge in [-0.15, -0.1) is 0 Å². The highest BCUT2D eigenvalue weighted by atomic mass is 16.1. The molecular formula is C22H24N2O. The summed E-state index contributed by atoms with van der Waals surface area (Å²) >= 11 is 0. The molecule has 0 N–H and O–H groups in total. The van der Waals surface area contributed by atoms with E-state index in [0.717, 1.165) is 37.9 Å². The van der Waals surface area contributed by atoms with Crippen LogP contribution in [0.5, 0.6) is 0 Å². The predicted octanol–water partition coefficient (Wildman–Crippen LogP) is 3.82. The molecule has 1 fully saturated rings. The molecule has 0 aromatic heterocycles. The van der Waals surface area contributed by atoms with E-state index in [4.69, 9.17) is 0 Å². The summed E-state index contributed by atoms with van der Waals surface area (Å²) in [6, 6.07) is 22.2. The van der Waals surface area contributed by atoms with Crippen LogP contribution in [0, 0.1) is 17.2 Å². The number of benzene rings is 2. The molecule has 0 aliphatic carbocycles. The van der Waals surface area contributed by atoms with E-state index < -0.39 is 5.92 Å². The summed E-state index contributed by atoms with van der Waals surface area (Å²) in [5, 5.41) is 9.40. The van der Waals surface area contributed by atoms with Gasteiger partial charge in [0.05, 0.1) is 12.6 Å². The van der Waals surface area contributed by atoms with Crippen molar-refractivity contribution in [1.82, 2.24) is 4.90 Å². The van der Waals surface area contributed by atoms with E-state index in [1.165, 1.54) is 5.56 Å². The molecule has 1 aliphatic rings. The fourth-order valence-corrected chi connectivity index (χ4v) is 3.59. The lowest BCUT2D eigenvalue weighted by Crippen LogP contribution is -2.39.